The largest absolute Gasteiger partial charge is 0.395 e. The molecule has 0 bridgehead atoms. The van der Waals surface area contributed by atoms with Gasteiger partial charge < -0.3 is 14.8 Å². The average Bonchev–Trinajstić information content (AvgIpc) is 2.85. The second-order valence-corrected chi connectivity index (χ2v) is 8.50. The number of fused-ring (bicyclic) bond motifs is 1. The van der Waals surface area contributed by atoms with E-state index in [2.05, 4.69) is 4.98 Å². The van der Waals surface area contributed by atoms with Gasteiger partial charge in [0.1, 0.15) is 5.78 Å². The maximum Gasteiger partial charge on any atom is 0.260 e. The highest BCUT2D eigenvalue weighted by Gasteiger charge is 2.20. The Labute approximate surface area is 200 Å². The molecule has 6 nitrogen and oxygen atoms in total. The van der Waals surface area contributed by atoms with E-state index >= 15 is 0 Å². The minimum atomic E-state index is -0.248. The van der Waals surface area contributed by atoms with E-state index in [4.69, 9.17) is 0 Å². The van der Waals surface area contributed by atoms with Crippen molar-refractivity contribution >= 4 is 34.1 Å². The lowest BCUT2D eigenvalue weighted by Crippen LogP contribution is -2.33. The van der Waals surface area contributed by atoms with Gasteiger partial charge in [-0.15, -0.1) is 0 Å². The van der Waals surface area contributed by atoms with Crippen LogP contribution < -0.4 is 4.90 Å². The summed E-state index contributed by atoms with van der Waals surface area (Å²) in [6, 6.07) is 16.2. The maximum atomic E-state index is 13.3. The average molecular weight is 461 g/mol. The van der Waals surface area contributed by atoms with Crippen molar-refractivity contribution < 1.29 is 19.5 Å². The number of hydrogen-bond acceptors (Lipinski definition) is 5. The van der Waals surface area contributed by atoms with E-state index in [-0.39, 0.29) is 30.6 Å². The molecule has 178 valence electrons. The lowest BCUT2D eigenvalue weighted by atomic mass is 10.0. The summed E-state index contributed by atoms with van der Waals surface area (Å²) in [5, 5.41) is 10.4. The van der Waals surface area contributed by atoms with Gasteiger partial charge in [-0.25, -0.2) is 0 Å². The number of Topliss-reactive ketones (excluding diaryl/α,β-unsaturated/α-hetero) is 2. The maximum absolute atomic E-state index is 13.3. The van der Waals surface area contributed by atoms with Crippen LogP contribution in [0.4, 0.5) is 5.69 Å². The number of nitrogens with zero attached hydrogens (tertiary/aromatic N) is 2. The van der Waals surface area contributed by atoms with E-state index in [1.54, 1.807) is 43.5 Å². The minimum Gasteiger partial charge on any atom is -0.395 e. The Kier molecular flexibility index (Phi) is 9.47. The zero-order chi connectivity index (χ0) is 24.3. The van der Waals surface area contributed by atoms with Gasteiger partial charge >= 0.3 is 0 Å². The van der Waals surface area contributed by atoms with Crippen molar-refractivity contribution in [1.29, 1.82) is 0 Å². The third-order valence-electron chi connectivity index (χ3n) is 5.87. The van der Waals surface area contributed by atoms with Crippen molar-refractivity contribution in [3.63, 3.8) is 0 Å². The molecule has 0 unspecified atom stereocenters. The Morgan fingerprint density at radius 2 is 1.53 bits per heavy atom. The van der Waals surface area contributed by atoms with Crippen LogP contribution in [0.15, 0.2) is 60.8 Å². The summed E-state index contributed by atoms with van der Waals surface area (Å²) in [6.45, 7) is 1.57. The molecular formula is C28H32N2O4. The Balaban J connectivity index is 1.62. The molecule has 0 saturated carbocycles. The predicted octanol–water partition coefficient (Wildman–Crippen LogP) is 5.38. The number of amides is 1. The Morgan fingerprint density at radius 3 is 2.24 bits per heavy atom. The van der Waals surface area contributed by atoms with Gasteiger partial charge in [0, 0.05) is 42.2 Å². The van der Waals surface area contributed by atoms with Gasteiger partial charge in [-0.3, -0.25) is 14.6 Å². The van der Waals surface area contributed by atoms with E-state index in [0.717, 1.165) is 37.5 Å². The number of unbranched alkanes of at least 4 members (excludes halogenated alkanes) is 4. The number of benzene rings is 2. The van der Waals surface area contributed by atoms with E-state index in [9.17, 15) is 19.5 Å². The number of anilines is 1. The first-order chi connectivity index (χ1) is 16.5. The van der Waals surface area contributed by atoms with Crippen LogP contribution in [0, 0.1) is 0 Å². The molecule has 0 aliphatic carbocycles. The molecule has 2 aromatic carbocycles. The molecule has 0 aliphatic heterocycles. The highest BCUT2D eigenvalue weighted by atomic mass is 16.3. The second-order valence-electron chi connectivity index (χ2n) is 8.50. The fourth-order valence-electron chi connectivity index (χ4n) is 4.03. The Bertz CT molecular complexity index is 1120. The van der Waals surface area contributed by atoms with Crippen molar-refractivity contribution in [2.24, 2.45) is 0 Å². The minimum absolute atomic E-state index is 0.0774. The van der Waals surface area contributed by atoms with Crippen LogP contribution in [-0.4, -0.2) is 40.7 Å². The molecular weight excluding hydrogens is 428 g/mol. The third-order valence-corrected chi connectivity index (χ3v) is 5.87. The zero-order valence-corrected chi connectivity index (χ0v) is 19.7. The Hall–Kier alpha value is -3.38. The molecule has 0 radical (unpaired) electrons. The van der Waals surface area contributed by atoms with Crippen molar-refractivity contribution in [1.82, 2.24) is 4.98 Å². The molecule has 3 rings (SSSR count). The number of aliphatic hydroxyl groups excluding tert-OH is 1. The highest BCUT2D eigenvalue weighted by molar-refractivity contribution is 6.13. The number of ketones is 2. The van der Waals surface area contributed by atoms with Crippen LogP contribution >= 0.6 is 0 Å². The van der Waals surface area contributed by atoms with Crippen LogP contribution in [-0.2, 0) is 4.79 Å². The SMILES string of the molecule is CC(=O)CCCCCCCC(=O)c1ccc(N(CCO)C(=O)c2cccc3cccnc23)cc1. The lowest BCUT2D eigenvalue weighted by Gasteiger charge is -2.22. The first-order valence-corrected chi connectivity index (χ1v) is 11.9. The number of para-hydroxylation sites is 1. The number of aromatic nitrogens is 1. The zero-order valence-electron chi connectivity index (χ0n) is 19.7. The third kappa shape index (κ3) is 6.81. The number of carbonyl (C=O) groups excluding carboxylic acids is 3. The molecule has 1 heterocycles. The molecule has 0 spiro atoms. The lowest BCUT2D eigenvalue weighted by molar-refractivity contribution is -0.117. The predicted molar refractivity (Wildman–Crippen MR) is 134 cm³/mol. The van der Waals surface area contributed by atoms with Gasteiger partial charge in [0.05, 0.1) is 17.7 Å². The van der Waals surface area contributed by atoms with Crippen molar-refractivity contribution in [3.05, 3.63) is 71.9 Å². The first kappa shape index (κ1) is 25.2. The van der Waals surface area contributed by atoms with Gasteiger partial charge in [-0.2, -0.15) is 0 Å². The summed E-state index contributed by atoms with van der Waals surface area (Å²) in [5.74, 6) is 0.0578. The molecule has 1 aromatic heterocycles. The first-order valence-electron chi connectivity index (χ1n) is 11.9. The summed E-state index contributed by atoms with van der Waals surface area (Å²) in [6.07, 6.45) is 7.53. The summed E-state index contributed by atoms with van der Waals surface area (Å²) in [5.41, 5.74) is 2.32. The second kappa shape index (κ2) is 12.8. The van der Waals surface area contributed by atoms with Gasteiger partial charge in [0.2, 0.25) is 0 Å². The molecule has 0 aliphatic rings. The molecule has 0 fully saturated rings. The summed E-state index contributed by atoms with van der Waals surface area (Å²) < 4.78 is 0. The molecule has 0 atom stereocenters. The summed E-state index contributed by atoms with van der Waals surface area (Å²) in [4.78, 5) is 42.7. The van der Waals surface area contributed by atoms with Crippen molar-refractivity contribution in [2.75, 3.05) is 18.1 Å². The van der Waals surface area contributed by atoms with Crippen LogP contribution in [0.25, 0.3) is 10.9 Å². The van der Waals surface area contributed by atoms with Gasteiger partial charge in [-0.05, 0) is 56.2 Å². The molecule has 1 amide bonds. The summed E-state index contributed by atoms with van der Waals surface area (Å²) >= 11 is 0. The van der Waals surface area contributed by atoms with Crippen LogP contribution in [0.2, 0.25) is 0 Å². The normalized spacial score (nSPS) is 10.9. The number of pyridine rings is 1. The van der Waals surface area contributed by atoms with Crippen LogP contribution in [0.1, 0.15) is 72.6 Å². The van der Waals surface area contributed by atoms with Gasteiger partial charge in [-0.1, -0.05) is 37.5 Å². The molecule has 1 N–H and O–H groups in total. The smallest absolute Gasteiger partial charge is 0.260 e. The van der Waals surface area contributed by atoms with Gasteiger partial charge in [0.15, 0.2) is 5.78 Å². The fourth-order valence-corrected chi connectivity index (χ4v) is 4.03. The fraction of sp³-hybridized carbons (Fsp3) is 0.357. The summed E-state index contributed by atoms with van der Waals surface area (Å²) in [7, 11) is 0. The monoisotopic (exact) mass is 460 g/mol. The van der Waals surface area contributed by atoms with E-state index < -0.39 is 0 Å². The van der Waals surface area contributed by atoms with Crippen molar-refractivity contribution in [3.8, 4) is 0 Å². The topological polar surface area (TPSA) is 87.6 Å². The van der Waals surface area contributed by atoms with Crippen LogP contribution in [0.5, 0.6) is 0 Å². The number of aliphatic hydroxyl groups is 1. The molecule has 6 heteroatoms. The van der Waals surface area contributed by atoms with Crippen molar-refractivity contribution in [2.45, 2.75) is 51.9 Å². The standard InChI is InChI=1S/C28H32N2O4/c1-21(32)9-5-3-2-4-6-13-26(33)22-14-16-24(17-15-22)30(19-20-31)28(34)25-12-7-10-23-11-8-18-29-27(23)25/h7-8,10-12,14-18,31H,2-6,9,13,19-20H2,1H3. The van der Waals surface area contributed by atoms with E-state index in [1.807, 2.05) is 24.3 Å². The van der Waals surface area contributed by atoms with E-state index in [1.165, 1.54) is 4.90 Å². The Morgan fingerprint density at radius 1 is 0.853 bits per heavy atom. The van der Waals surface area contributed by atoms with E-state index in [0.29, 0.717) is 35.2 Å². The van der Waals surface area contributed by atoms with Crippen LogP contribution in [0.3, 0.4) is 0 Å². The number of carbonyl (C=O) groups is 3. The highest BCUT2D eigenvalue weighted by Crippen LogP contribution is 2.23. The molecule has 0 saturated heterocycles. The number of hydrogen-bond donors (Lipinski definition) is 1. The van der Waals surface area contributed by atoms with Gasteiger partial charge in [0.25, 0.3) is 5.91 Å². The molecule has 34 heavy (non-hydrogen) atoms. The molecule has 3 aromatic rings. The quantitative estimate of drug-likeness (QED) is 0.273. The number of rotatable bonds is 13.